The molecular formula is C64H125NO5. The van der Waals surface area contributed by atoms with Gasteiger partial charge in [0.15, 0.2) is 0 Å². The second-order valence-corrected chi connectivity index (χ2v) is 22.1. The van der Waals surface area contributed by atoms with E-state index < -0.39 is 36.9 Å². The highest BCUT2D eigenvalue weighted by Gasteiger charge is 2.28. The van der Waals surface area contributed by atoms with Gasteiger partial charge in [-0.15, -0.1) is 0 Å². The number of hydrogen-bond acceptors (Lipinski definition) is 5. The molecule has 1 amide bonds. The number of aliphatic hydroxyl groups is 4. The summed E-state index contributed by atoms with van der Waals surface area (Å²) in [5, 5.41) is 44.0. The van der Waals surface area contributed by atoms with Crippen LogP contribution in [0.25, 0.3) is 0 Å². The summed E-state index contributed by atoms with van der Waals surface area (Å²) in [6.45, 7) is 4.08. The van der Waals surface area contributed by atoms with Crippen molar-refractivity contribution in [3.05, 3.63) is 24.3 Å². The Hall–Kier alpha value is -1.21. The third-order valence-corrected chi connectivity index (χ3v) is 15.1. The van der Waals surface area contributed by atoms with E-state index in [-0.39, 0.29) is 0 Å². The van der Waals surface area contributed by atoms with E-state index in [1.54, 1.807) is 0 Å². The van der Waals surface area contributed by atoms with E-state index >= 15 is 0 Å². The molecule has 0 saturated heterocycles. The van der Waals surface area contributed by atoms with Gasteiger partial charge in [0.1, 0.15) is 12.2 Å². The summed E-state index contributed by atoms with van der Waals surface area (Å²) >= 11 is 0. The van der Waals surface area contributed by atoms with Gasteiger partial charge >= 0.3 is 0 Å². The van der Waals surface area contributed by atoms with Crippen LogP contribution in [0.2, 0.25) is 0 Å². The fraction of sp³-hybridized carbons (Fsp3) is 0.922. The summed E-state index contributed by atoms with van der Waals surface area (Å²) in [6, 6.07) is -1.01. The Bertz CT molecular complexity index is 1060. The van der Waals surface area contributed by atoms with Crippen LogP contribution in [0.5, 0.6) is 0 Å². The standard InChI is InChI=1S/C64H125NO5/c1-3-5-7-9-11-13-15-17-19-21-23-25-26-27-28-29-30-31-32-33-34-35-36-37-38-40-42-44-46-48-50-52-54-56-58-62(68)64(70)65-60(59-66)63(69)61(67)57-55-53-51-49-47-45-43-41-39-24-22-20-18-16-14-12-10-8-6-4-2/h41,43,49,51,60-63,66-69H,3-40,42,44-48,50,52-59H2,1-2H3,(H,65,70)/b43-41+,51-49+. The average molecular weight is 989 g/mol. The van der Waals surface area contributed by atoms with Gasteiger partial charge in [0.25, 0.3) is 0 Å². The molecule has 0 saturated carbocycles. The highest BCUT2D eigenvalue weighted by molar-refractivity contribution is 5.80. The average Bonchev–Trinajstić information content (AvgIpc) is 3.36. The van der Waals surface area contributed by atoms with Crippen molar-refractivity contribution in [2.24, 2.45) is 0 Å². The zero-order valence-corrected chi connectivity index (χ0v) is 47.3. The minimum absolute atomic E-state index is 0.365. The molecule has 0 heterocycles. The Kier molecular flexibility index (Phi) is 57.7. The van der Waals surface area contributed by atoms with E-state index in [9.17, 15) is 25.2 Å². The minimum atomic E-state index is -1.29. The zero-order chi connectivity index (χ0) is 50.9. The molecule has 6 nitrogen and oxygen atoms in total. The first-order valence-electron chi connectivity index (χ1n) is 31.7. The van der Waals surface area contributed by atoms with Gasteiger partial charge in [-0.1, -0.05) is 321 Å². The largest absolute Gasteiger partial charge is 0.394 e. The van der Waals surface area contributed by atoms with Gasteiger partial charge < -0.3 is 25.7 Å². The molecule has 0 aromatic heterocycles. The van der Waals surface area contributed by atoms with Crippen LogP contribution in [0, 0.1) is 0 Å². The number of allylic oxidation sites excluding steroid dienone is 4. The number of aliphatic hydroxyl groups excluding tert-OH is 4. The monoisotopic (exact) mass is 988 g/mol. The molecule has 0 bridgehead atoms. The Morgan fingerprint density at radius 1 is 0.343 bits per heavy atom. The van der Waals surface area contributed by atoms with Crippen LogP contribution in [-0.4, -0.2) is 57.3 Å². The van der Waals surface area contributed by atoms with Crippen LogP contribution in [0.1, 0.15) is 348 Å². The Labute approximate surface area is 437 Å². The highest BCUT2D eigenvalue weighted by atomic mass is 16.3. The molecule has 0 aliphatic carbocycles. The van der Waals surface area contributed by atoms with Gasteiger partial charge in [-0.25, -0.2) is 0 Å². The van der Waals surface area contributed by atoms with E-state index in [4.69, 9.17) is 0 Å². The summed E-state index contributed by atoms with van der Waals surface area (Å²) in [4.78, 5) is 12.6. The maximum Gasteiger partial charge on any atom is 0.249 e. The lowest BCUT2D eigenvalue weighted by Crippen LogP contribution is -2.53. The molecule has 0 fully saturated rings. The van der Waals surface area contributed by atoms with Crippen molar-refractivity contribution < 1.29 is 25.2 Å². The first-order valence-corrected chi connectivity index (χ1v) is 31.7. The Morgan fingerprint density at radius 3 is 0.900 bits per heavy atom. The van der Waals surface area contributed by atoms with Crippen molar-refractivity contribution in [3.8, 4) is 0 Å². The normalized spacial score (nSPS) is 13.7. The molecule has 0 aliphatic rings. The molecule has 6 heteroatoms. The molecule has 5 N–H and O–H groups in total. The lowest BCUT2D eigenvalue weighted by molar-refractivity contribution is -0.132. The quantitative estimate of drug-likeness (QED) is 0.0308. The van der Waals surface area contributed by atoms with Crippen molar-refractivity contribution in [1.82, 2.24) is 5.32 Å². The maximum absolute atomic E-state index is 12.6. The second-order valence-electron chi connectivity index (χ2n) is 22.1. The van der Waals surface area contributed by atoms with E-state index in [0.717, 1.165) is 38.5 Å². The molecule has 0 radical (unpaired) electrons. The number of nitrogens with one attached hydrogen (secondary N) is 1. The third kappa shape index (κ3) is 51.7. The van der Waals surface area contributed by atoms with Gasteiger partial charge in [-0.05, 0) is 51.4 Å². The summed E-state index contributed by atoms with van der Waals surface area (Å²) in [6.07, 6.45) is 72.9. The van der Waals surface area contributed by atoms with Crippen LogP contribution < -0.4 is 5.32 Å². The van der Waals surface area contributed by atoms with Crippen molar-refractivity contribution in [2.45, 2.75) is 372 Å². The first-order chi connectivity index (χ1) is 34.5. The summed E-state index contributed by atoms with van der Waals surface area (Å²) in [5.41, 5.74) is 0. The maximum atomic E-state index is 12.6. The predicted molar refractivity (Wildman–Crippen MR) is 307 cm³/mol. The van der Waals surface area contributed by atoms with Gasteiger partial charge in [0.05, 0.1) is 18.8 Å². The molecule has 4 atom stereocenters. The number of carbonyl (C=O) groups is 1. The summed E-state index contributed by atoms with van der Waals surface area (Å²) in [5.74, 6) is -0.591. The van der Waals surface area contributed by atoms with Crippen LogP contribution in [-0.2, 0) is 4.79 Å². The van der Waals surface area contributed by atoms with E-state index in [1.807, 2.05) is 0 Å². The molecule has 0 rings (SSSR count). The molecule has 0 spiro atoms. The Morgan fingerprint density at radius 2 is 0.600 bits per heavy atom. The molecule has 416 valence electrons. The van der Waals surface area contributed by atoms with Crippen LogP contribution in [0.4, 0.5) is 0 Å². The smallest absolute Gasteiger partial charge is 0.249 e. The first kappa shape index (κ1) is 68.8. The van der Waals surface area contributed by atoms with Crippen molar-refractivity contribution in [3.63, 3.8) is 0 Å². The fourth-order valence-corrected chi connectivity index (χ4v) is 10.2. The number of hydrogen-bond donors (Lipinski definition) is 5. The van der Waals surface area contributed by atoms with Gasteiger partial charge in [0, 0.05) is 0 Å². The van der Waals surface area contributed by atoms with Gasteiger partial charge in [-0.2, -0.15) is 0 Å². The minimum Gasteiger partial charge on any atom is -0.394 e. The second kappa shape index (κ2) is 58.7. The number of rotatable bonds is 59. The number of unbranched alkanes of at least 4 members (excludes halogenated alkanes) is 46. The molecule has 70 heavy (non-hydrogen) atoms. The zero-order valence-electron chi connectivity index (χ0n) is 47.3. The van der Waals surface area contributed by atoms with Crippen molar-refractivity contribution >= 4 is 5.91 Å². The number of amides is 1. The number of carbonyl (C=O) groups excluding carboxylic acids is 1. The lowest BCUT2D eigenvalue weighted by Gasteiger charge is -2.27. The molecule has 0 aromatic carbocycles. The Balaban J connectivity index is 3.56. The molecular weight excluding hydrogens is 863 g/mol. The fourth-order valence-electron chi connectivity index (χ4n) is 10.2. The molecule has 0 aliphatic heterocycles. The van der Waals surface area contributed by atoms with Crippen LogP contribution in [0.3, 0.4) is 0 Å². The van der Waals surface area contributed by atoms with Crippen LogP contribution in [0.15, 0.2) is 24.3 Å². The van der Waals surface area contributed by atoms with E-state index in [1.165, 1.54) is 276 Å². The van der Waals surface area contributed by atoms with Gasteiger partial charge in [-0.3, -0.25) is 4.79 Å². The molecule has 4 unspecified atom stereocenters. The summed E-state index contributed by atoms with van der Waals surface area (Å²) < 4.78 is 0. The van der Waals surface area contributed by atoms with E-state index in [2.05, 4.69) is 43.5 Å². The SMILES string of the molecule is CCCCCCCCCCCCC/C=C/CC/C=C/CCCC(O)C(O)C(CO)NC(=O)C(O)CCCCCCCCCCCCCCCCCCCCCCCCCCCCCCCCCCCC. The molecule has 0 aromatic rings. The highest BCUT2D eigenvalue weighted by Crippen LogP contribution is 2.19. The predicted octanol–water partition coefficient (Wildman–Crippen LogP) is 19.0. The van der Waals surface area contributed by atoms with Crippen molar-refractivity contribution in [1.29, 1.82) is 0 Å². The van der Waals surface area contributed by atoms with Crippen molar-refractivity contribution in [2.75, 3.05) is 6.61 Å². The topological polar surface area (TPSA) is 110 Å². The van der Waals surface area contributed by atoms with E-state index in [0.29, 0.717) is 19.3 Å². The van der Waals surface area contributed by atoms with Gasteiger partial charge in [0.2, 0.25) is 5.91 Å². The van der Waals surface area contributed by atoms with Crippen LogP contribution >= 0.6 is 0 Å². The summed E-state index contributed by atoms with van der Waals surface area (Å²) in [7, 11) is 0. The third-order valence-electron chi connectivity index (χ3n) is 15.1. The lowest BCUT2D eigenvalue weighted by atomic mass is 10.00.